The fourth-order valence-corrected chi connectivity index (χ4v) is 3.35. The Bertz CT molecular complexity index is 965. The second-order valence-corrected chi connectivity index (χ2v) is 6.76. The van der Waals surface area contributed by atoms with Gasteiger partial charge in [-0.05, 0) is 49.9 Å². The van der Waals surface area contributed by atoms with Crippen LogP contribution in [0.15, 0.2) is 41.1 Å². The van der Waals surface area contributed by atoms with E-state index in [2.05, 4.69) is 15.3 Å². The summed E-state index contributed by atoms with van der Waals surface area (Å²) in [6, 6.07) is 7.34. The van der Waals surface area contributed by atoms with Gasteiger partial charge in [0.2, 0.25) is 0 Å². The van der Waals surface area contributed by atoms with Crippen LogP contribution in [-0.4, -0.2) is 35.1 Å². The van der Waals surface area contributed by atoms with Gasteiger partial charge in [0.1, 0.15) is 17.4 Å². The number of ether oxygens (including phenoxy) is 2. The molecule has 0 atom stereocenters. The van der Waals surface area contributed by atoms with Crippen LogP contribution >= 0.6 is 0 Å². The fraction of sp³-hybridized carbons (Fsp3) is 0.350. The molecular weight excluding hydrogens is 365 g/mol. The van der Waals surface area contributed by atoms with E-state index in [1.165, 1.54) is 0 Å². The van der Waals surface area contributed by atoms with Crippen molar-refractivity contribution in [2.24, 2.45) is 0 Å². The second kappa shape index (κ2) is 7.84. The maximum Gasteiger partial charge on any atom is 0.316 e. The van der Waals surface area contributed by atoms with Gasteiger partial charge in [-0.3, -0.25) is 4.79 Å². The number of carbonyl (C=O) groups excluding carboxylic acids is 1. The number of rotatable bonds is 5. The van der Waals surface area contributed by atoms with Crippen LogP contribution in [0.5, 0.6) is 11.8 Å². The van der Waals surface area contributed by atoms with Crippen molar-refractivity contribution in [3.63, 3.8) is 0 Å². The number of fused-ring (bicyclic) bond motifs is 1. The molecule has 0 saturated heterocycles. The summed E-state index contributed by atoms with van der Waals surface area (Å²) in [5.41, 5.74) is 0.641. The fourth-order valence-electron chi connectivity index (χ4n) is 3.35. The predicted molar refractivity (Wildman–Crippen MR) is 98.9 cm³/mol. The summed E-state index contributed by atoms with van der Waals surface area (Å²) in [6.07, 6.45) is 5.16. The van der Waals surface area contributed by atoms with Gasteiger partial charge in [-0.2, -0.15) is 0 Å². The molecule has 0 aliphatic heterocycles. The molecule has 1 amide bonds. The lowest BCUT2D eigenvalue weighted by Crippen LogP contribution is -2.39. The molecule has 2 heterocycles. The second-order valence-electron chi connectivity index (χ2n) is 6.76. The van der Waals surface area contributed by atoms with E-state index in [1.54, 1.807) is 25.3 Å². The van der Waals surface area contributed by atoms with Crippen molar-refractivity contribution in [3.05, 3.63) is 48.2 Å². The number of hydrogen-bond acceptors (Lipinski definition) is 6. The summed E-state index contributed by atoms with van der Waals surface area (Å²) in [6.45, 7) is 0. The molecule has 1 aliphatic rings. The molecule has 1 aromatic carbocycles. The number of amides is 1. The quantitative estimate of drug-likeness (QED) is 0.724. The molecule has 3 aromatic rings. The molecule has 0 bridgehead atoms. The third kappa shape index (κ3) is 4.05. The van der Waals surface area contributed by atoms with E-state index < -0.39 is 5.82 Å². The lowest BCUT2D eigenvalue weighted by molar-refractivity contribution is 0.0861. The van der Waals surface area contributed by atoms with Crippen LogP contribution in [0, 0.1) is 5.82 Å². The molecule has 0 spiro atoms. The first-order valence-corrected chi connectivity index (χ1v) is 9.13. The van der Waals surface area contributed by atoms with Crippen molar-refractivity contribution in [1.29, 1.82) is 0 Å². The van der Waals surface area contributed by atoms with E-state index >= 15 is 0 Å². The number of nitrogens with zero attached hydrogens (tertiary/aromatic N) is 2. The molecule has 0 radical (unpaired) electrons. The van der Waals surface area contributed by atoms with Crippen molar-refractivity contribution in [3.8, 4) is 11.8 Å². The van der Waals surface area contributed by atoms with Gasteiger partial charge in [-0.15, -0.1) is 0 Å². The van der Waals surface area contributed by atoms with Gasteiger partial charge < -0.3 is 19.2 Å². The van der Waals surface area contributed by atoms with Crippen LogP contribution in [-0.2, 0) is 0 Å². The summed E-state index contributed by atoms with van der Waals surface area (Å²) >= 11 is 0. The third-order valence-corrected chi connectivity index (χ3v) is 4.83. The van der Waals surface area contributed by atoms with Crippen LogP contribution in [0.3, 0.4) is 0 Å². The van der Waals surface area contributed by atoms with Crippen LogP contribution in [0.1, 0.15) is 36.2 Å². The van der Waals surface area contributed by atoms with Gasteiger partial charge >= 0.3 is 6.01 Å². The first-order valence-electron chi connectivity index (χ1n) is 9.13. The highest BCUT2D eigenvalue weighted by atomic mass is 19.1. The Morgan fingerprint density at radius 1 is 1.18 bits per heavy atom. The number of furan rings is 1. The number of nitrogens with one attached hydrogen (secondary N) is 1. The van der Waals surface area contributed by atoms with Crippen LogP contribution < -0.4 is 14.8 Å². The monoisotopic (exact) mass is 385 g/mol. The Labute approximate surface area is 160 Å². The lowest BCUT2D eigenvalue weighted by Gasteiger charge is -2.28. The zero-order valence-electron chi connectivity index (χ0n) is 15.4. The molecule has 146 valence electrons. The van der Waals surface area contributed by atoms with Gasteiger partial charge in [0.05, 0.1) is 19.5 Å². The van der Waals surface area contributed by atoms with Crippen molar-refractivity contribution < 1.29 is 23.1 Å². The average Bonchev–Trinajstić information content (AvgIpc) is 3.14. The molecule has 2 aromatic heterocycles. The van der Waals surface area contributed by atoms with Gasteiger partial charge in [0.25, 0.3) is 5.91 Å². The van der Waals surface area contributed by atoms with Gasteiger partial charge in [0, 0.05) is 11.4 Å². The summed E-state index contributed by atoms with van der Waals surface area (Å²) in [5.74, 6) is 0.259. The summed E-state index contributed by atoms with van der Waals surface area (Å²) < 4.78 is 29.4. The maximum absolute atomic E-state index is 12.8. The standard InChI is InChI=1S/C20H20FN3O4/c1-26-16-6-7-17-12(8-16)9-18(28-17)19(25)24-14-2-4-15(5-3-14)27-20-22-10-13(21)11-23-20/h6-11,14-15H,2-5H2,1H3,(H,24,25). The first kappa shape index (κ1) is 18.2. The number of carbonyl (C=O) groups is 1. The first-order chi connectivity index (χ1) is 13.6. The average molecular weight is 385 g/mol. The van der Waals surface area contributed by atoms with E-state index in [1.807, 2.05) is 6.07 Å². The lowest BCUT2D eigenvalue weighted by atomic mass is 9.93. The molecule has 1 saturated carbocycles. The van der Waals surface area contributed by atoms with Crippen LogP contribution in [0.4, 0.5) is 4.39 Å². The minimum absolute atomic E-state index is 0.0442. The third-order valence-electron chi connectivity index (χ3n) is 4.83. The van der Waals surface area contributed by atoms with Crippen molar-refractivity contribution in [2.75, 3.05) is 7.11 Å². The zero-order valence-corrected chi connectivity index (χ0v) is 15.4. The number of aromatic nitrogens is 2. The Kier molecular flexibility index (Phi) is 5.10. The largest absolute Gasteiger partial charge is 0.497 e. The Morgan fingerprint density at radius 3 is 2.64 bits per heavy atom. The minimum Gasteiger partial charge on any atom is -0.497 e. The zero-order chi connectivity index (χ0) is 19.5. The molecule has 7 nitrogen and oxygen atoms in total. The van der Waals surface area contributed by atoms with E-state index in [-0.39, 0.29) is 29.8 Å². The molecule has 8 heteroatoms. The predicted octanol–water partition coefficient (Wildman–Crippen LogP) is 3.49. The normalized spacial score (nSPS) is 19.4. The number of methoxy groups -OCH3 is 1. The van der Waals surface area contributed by atoms with Crippen LogP contribution in [0.2, 0.25) is 0 Å². The van der Waals surface area contributed by atoms with Gasteiger partial charge in [-0.1, -0.05) is 0 Å². The van der Waals surface area contributed by atoms with Crippen molar-refractivity contribution >= 4 is 16.9 Å². The maximum atomic E-state index is 12.8. The molecule has 1 aliphatic carbocycles. The molecule has 28 heavy (non-hydrogen) atoms. The van der Waals surface area contributed by atoms with E-state index in [0.29, 0.717) is 11.3 Å². The highest BCUT2D eigenvalue weighted by Gasteiger charge is 2.25. The number of halogens is 1. The highest BCUT2D eigenvalue weighted by Crippen LogP contribution is 2.25. The van der Waals surface area contributed by atoms with Crippen LogP contribution in [0.25, 0.3) is 11.0 Å². The molecule has 1 N–H and O–H groups in total. The number of hydrogen-bond donors (Lipinski definition) is 1. The van der Waals surface area contributed by atoms with E-state index in [9.17, 15) is 9.18 Å². The van der Waals surface area contributed by atoms with E-state index in [0.717, 1.165) is 43.5 Å². The van der Waals surface area contributed by atoms with Crippen molar-refractivity contribution in [1.82, 2.24) is 15.3 Å². The summed E-state index contributed by atoms with van der Waals surface area (Å²) in [5, 5.41) is 3.84. The van der Waals surface area contributed by atoms with Gasteiger partial charge in [-0.25, -0.2) is 14.4 Å². The molecular formula is C20H20FN3O4. The van der Waals surface area contributed by atoms with E-state index in [4.69, 9.17) is 13.9 Å². The molecule has 1 fully saturated rings. The Hall–Kier alpha value is -3.16. The molecule has 0 unspecified atom stereocenters. The van der Waals surface area contributed by atoms with Crippen molar-refractivity contribution in [2.45, 2.75) is 37.8 Å². The highest BCUT2D eigenvalue weighted by molar-refractivity contribution is 5.96. The summed E-state index contributed by atoms with van der Waals surface area (Å²) in [7, 11) is 1.59. The Balaban J connectivity index is 1.31. The van der Waals surface area contributed by atoms with Gasteiger partial charge in [0.15, 0.2) is 11.6 Å². The number of benzene rings is 1. The summed E-state index contributed by atoms with van der Waals surface area (Å²) in [4.78, 5) is 20.1. The molecule has 4 rings (SSSR count). The topological polar surface area (TPSA) is 86.5 Å². The Morgan fingerprint density at radius 2 is 1.93 bits per heavy atom. The smallest absolute Gasteiger partial charge is 0.316 e. The SMILES string of the molecule is COc1ccc2oc(C(=O)NC3CCC(Oc4ncc(F)cn4)CC3)cc2c1. The minimum atomic E-state index is -0.497.